The number of nitrogens with one attached hydrogen (secondary N) is 2. The Morgan fingerprint density at radius 2 is 1.88 bits per heavy atom. The molecule has 220 valence electrons. The molecule has 9 nitrogen and oxygen atoms in total. The molecule has 1 amide bonds. The van der Waals surface area contributed by atoms with Crippen LogP contribution in [-0.4, -0.2) is 50.0 Å². The molecular weight excluding hydrogens is 562 g/mol. The number of carbonyl (C=O) groups excluding carboxylic acids is 1. The van der Waals surface area contributed by atoms with Crippen molar-refractivity contribution < 1.29 is 9.21 Å². The van der Waals surface area contributed by atoms with Crippen molar-refractivity contribution in [3.63, 3.8) is 0 Å². The summed E-state index contributed by atoms with van der Waals surface area (Å²) in [6.45, 7) is 8.70. The molecule has 0 radical (unpaired) electrons. The Morgan fingerprint density at radius 1 is 1.07 bits per heavy atom. The molecule has 0 atom stereocenters. The zero-order valence-electron chi connectivity index (χ0n) is 24.6. The van der Waals surface area contributed by atoms with Gasteiger partial charge in [0.25, 0.3) is 5.91 Å². The number of hydrogen-bond acceptors (Lipinski definition) is 7. The number of imidazole rings is 1. The van der Waals surface area contributed by atoms with Gasteiger partial charge in [-0.3, -0.25) is 14.7 Å². The third kappa shape index (κ3) is 5.11. The molecule has 0 aliphatic carbocycles. The third-order valence-corrected chi connectivity index (χ3v) is 9.04. The van der Waals surface area contributed by atoms with Gasteiger partial charge in [0.05, 0.1) is 16.3 Å². The fourth-order valence-electron chi connectivity index (χ4n) is 6.36. The summed E-state index contributed by atoms with van der Waals surface area (Å²) in [5, 5.41) is 6.98. The molecule has 0 saturated carbocycles. The smallest absolute Gasteiger partial charge is 0.291 e. The quantitative estimate of drug-likeness (QED) is 0.246. The highest BCUT2D eigenvalue weighted by atomic mass is 35.5. The molecule has 5 heterocycles. The van der Waals surface area contributed by atoms with Gasteiger partial charge in [0, 0.05) is 62.4 Å². The van der Waals surface area contributed by atoms with Crippen molar-refractivity contribution in [2.24, 2.45) is 7.05 Å². The van der Waals surface area contributed by atoms with E-state index in [1.54, 1.807) is 6.20 Å². The van der Waals surface area contributed by atoms with E-state index >= 15 is 0 Å². The summed E-state index contributed by atoms with van der Waals surface area (Å²) in [5.41, 5.74) is 9.85. The molecule has 7 rings (SSSR count). The molecule has 2 aliphatic rings. The van der Waals surface area contributed by atoms with Crippen LogP contribution in [0.3, 0.4) is 0 Å². The first-order chi connectivity index (χ1) is 20.9. The predicted molar refractivity (Wildman–Crippen MR) is 168 cm³/mol. The minimum absolute atomic E-state index is 0.229. The first-order valence-electron chi connectivity index (χ1n) is 14.8. The van der Waals surface area contributed by atoms with E-state index in [9.17, 15) is 4.79 Å². The Labute approximate surface area is 255 Å². The summed E-state index contributed by atoms with van der Waals surface area (Å²) < 4.78 is 8.12. The lowest BCUT2D eigenvalue weighted by Crippen LogP contribution is -2.24. The number of oxazole rings is 1. The normalized spacial score (nSPS) is 15.3. The minimum Gasteiger partial charge on any atom is -0.434 e. The van der Waals surface area contributed by atoms with Crippen LogP contribution in [0.5, 0.6) is 0 Å². The number of anilines is 1. The van der Waals surface area contributed by atoms with Crippen LogP contribution >= 0.6 is 11.6 Å². The topological polar surface area (TPSA) is 101 Å². The molecule has 3 aromatic heterocycles. The summed E-state index contributed by atoms with van der Waals surface area (Å²) in [7, 11) is 1.91. The number of halogens is 1. The summed E-state index contributed by atoms with van der Waals surface area (Å²) in [5.74, 6) is 0.669. The highest BCUT2D eigenvalue weighted by molar-refractivity contribution is 6.34. The van der Waals surface area contributed by atoms with E-state index in [-0.39, 0.29) is 5.91 Å². The van der Waals surface area contributed by atoms with E-state index < -0.39 is 0 Å². The highest BCUT2D eigenvalue weighted by Gasteiger charge is 2.23. The predicted octanol–water partition coefficient (Wildman–Crippen LogP) is 6.05. The summed E-state index contributed by atoms with van der Waals surface area (Å²) in [6, 6.07) is 9.95. The number of benzene rings is 2. The van der Waals surface area contributed by atoms with Gasteiger partial charge in [-0.05, 0) is 80.2 Å². The lowest BCUT2D eigenvalue weighted by Gasteiger charge is -2.15. The van der Waals surface area contributed by atoms with E-state index in [0.717, 1.165) is 88.6 Å². The average molecular weight is 596 g/mol. The van der Waals surface area contributed by atoms with Crippen molar-refractivity contribution >= 4 is 34.3 Å². The lowest BCUT2D eigenvalue weighted by atomic mass is 9.95. The fourth-order valence-corrected chi connectivity index (χ4v) is 6.64. The number of amides is 1. The Balaban J connectivity index is 1.19. The average Bonchev–Trinajstić information content (AvgIpc) is 3.74. The van der Waals surface area contributed by atoms with Crippen LogP contribution in [0, 0.1) is 13.8 Å². The zero-order chi connectivity index (χ0) is 29.7. The number of fused-ring (bicyclic) bond motifs is 2. The molecule has 5 aromatic rings. The Kier molecular flexibility index (Phi) is 7.25. The van der Waals surface area contributed by atoms with Crippen molar-refractivity contribution in [3.05, 3.63) is 81.7 Å². The van der Waals surface area contributed by atoms with Crippen molar-refractivity contribution in [2.75, 3.05) is 25.0 Å². The number of likely N-dealkylation sites (tertiary alicyclic amines) is 1. The molecule has 2 aliphatic heterocycles. The molecule has 1 saturated heterocycles. The van der Waals surface area contributed by atoms with E-state index in [4.69, 9.17) is 21.0 Å². The van der Waals surface area contributed by atoms with Crippen LogP contribution in [0.1, 0.15) is 51.5 Å². The molecule has 10 heteroatoms. The number of pyridine rings is 1. The molecule has 0 bridgehead atoms. The van der Waals surface area contributed by atoms with Gasteiger partial charge in [-0.15, -0.1) is 0 Å². The van der Waals surface area contributed by atoms with Crippen LogP contribution in [0.15, 0.2) is 47.1 Å². The largest absolute Gasteiger partial charge is 0.434 e. The molecular formula is C33H34ClN7O2. The second-order valence-corrected chi connectivity index (χ2v) is 11.9. The molecule has 0 unspecified atom stereocenters. The first kappa shape index (κ1) is 27.8. The second-order valence-electron chi connectivity index (χ2n) is 11.5. The number of hydrogen-bond donors (Lipinski definition) is 2. The van der Waals surface area contributed by atoms with Gasteiger partial charge in [0.1, 0.15) is 5.52 Å². The minimum atomic E-state index is -0.229. The second kappa shape index (κ2) is 11.2. The summed E-state index contributed by atoms with van der Waals surface area (Å²) >= 11 is 6.67. The highest BCUT2D eigenvalue weighted by Crippen LogP contribution is 2.37. The summed E-state index contributed by atoms with van der Waals surface area (Å²) in [6.07, 6.45) is 6.96. The van der Waals surface area contributed by atoms with Gasteiger partial charge in [0.15, 0.2) is 11.4 Å². The Hall–Kier alpha value is -4.05. The van der Waals surface area contributed by atoms with Crippen LogP contribution < -0.4 is 10.6 Å². The maximum Gasteiger partial charge on any atom is 0.291 e. The number of aromatic nitrogens is 4. The Morgan fingerprint density at radius 3 is 2.70 bits per heavy atom. The van der Waals surface area contributed by atoms with E-state index in [2.05, 4.69) is 31.6 Å². The molecule has 2 aromatic carbocycles. The summed E-state index contributed by atoms with van der Waals surface area (Å²) in [4.78, 5) is 29.8. The monoisotopic (exact) mass is 595 g/mol. The van der Waals surface area contributed by atoms with Crippen LogP contribution in [-0.2, 0) is 26.6 Å². The lowest BCUT2D eigenvalue weighted by molar-refractivity contribution is 0.101. The standard InChI is InChI=1S/C33H34ClN7O2/c1-19-23(22-7-6-8-26(20(22)2)38-32(42)31-37-28-17-35-10-9-29(28)40(31)3)15-36-16-24(19)33-39-27-14-21(13-25(34)30(27)43-33)18-41-11-4-5-12-41/h6-8,13-16,35H,4-5,9-12,17-18H2,1-3H3,(H,38,42). The van der Waals surface area contributed by atoms with Gasteiger partial charge >= 0.3 is 0 Å². The van der Waals surface area contributed by atoms with Gasteiger partial charge in [-0.25, -0.2) is 9.97 Å². The SMILES string of the molecule is Cc1c(NC(=O)c2nc3c(n2C)CCNC3)cccc1-c1cncc(-c2nc3cc(CN4CCCC4)cc(Cl)c3o2)c1C. The first-order valence-corrected chi connectivity index (χ1v) is 15.2. The number of rotatable bonds is 6. The maximum absolute atomic E-state index is 13.3. The number of carbonyl (C=O) groups is 1. The van der Waals surface area contributed by atoms with E-state index in [1.165, 1.54) is 12.8 Å². The Bertz CT molecular complexity index is 1870. The number of nitrogens with zero attached hydrogens (tertiary/aromatic N) is 5. The molecule has 2 N–H and O–H groups in total. The van der Waals surface area contributed by atoms with E-state index in [0.29, 0.717) is 28.9 Å². The van der Waals surface area contributed by atoms with Crippen molar-refractivity contribution in [1.82, 2.24) is 29.7 Å². The third-order valence-electron chi connectivity index (χ3n) is 8.76. The van der Waals surface area contributed by atoms with Crippen LogP contribution in [0.2, 0.25) is 5.02 Å². The van der Waals surface area contributed by atoms with Crippen molar-refractivity contribution in [1.29, 1.82) is 0 Å². The molecule has 43 heavy (non-hydrogen) atoms. The fraction of sp³-hybridized carbons (Fsp3) is 0.333. The van der Waals surface area contributed by atoms with Gasteiger partial charge in [-0.2, -0.15) is 0 Å². The van der Waals surface area contributed by atoms with Crippen LogP contribution in [0.25, 0.3) is 33.7 Å². The maximum atomic E-state index is 13.3. The van der Waals surface area contributed by atoms with Crippen molar-refractivity contribution in [3.8, 4) is 22.6 Å². The van der Waals surface area contributed by atoms with Crippen LogP contribution in [0.4, 0.5) is 5.69 Å². The van der Waals surface area contributed by atoms with Gasteiger partial charge in [0.2, 0.25) is 5.89 Å². The molecule has 1 fully saturated rings. The zero-order valence-corrected chi connectivity index (χ0v) is 25.4. The van der Waals surface area contributed by atoms with Gasteiger partial charge < -0.3 is 19.6 Å². The van der Waals surface area contributed by atoms with Gasteiger partial charge in [-0.1, -0.05) is 23.7 Å². The molecule has 0 spiro atoms. The van der Waals surface area contributed by atoms with Crippen molar-refractivity contribution in [2.45, 2.75) is 46.2 Å². The van der Waals surface area contributed by atoms with E-state index in [1.807, 2.05) is 55.9 Å².